The van der Waals surface area contributed by atoms with E-state index >= 15 is 0 Å². The number of hydrogen-bond donors (Lipinski definition) is 2. The van der Waals surface area contributed by atoms with Crippen molar-refractivity contribution in [3.05, 3.63) is 0 Å². The SMILES string of the molecule is CC(CNC(=O)CCC1CCNCC1)C1CC1. The minimum absolute atomic E-state index is 0.260. The lowest BCUT2D eigenvalue weighted by molar-refractivity contribution is -0.121. The molecule has 0 radical (unpaired) electrons. The summed E-state index contributed by atoms with van der Waals surface area (Å²) in [5.41, 5.74) is 0. The van der Waals surface area contributed by atoms with Crippen molar-refractivity contribution in [1.29, 1.82) is 0 Å². The standard InChI is InChI=1S/C14H26N2O/c1-11(13-3-4-13)10-16-14(17)5-2-12-6-8-15-9-7-12/h11-13,15H,2-10H2,1H3,(H,16,17). The van der Waals surface area contributed by atoms with Crippen LogP contribution in [0.3, 0.4) is 0 Å². The van der Waals surface area contributed by atoms with E-state index in [0.29, 0.717) is 5.92 Å². The predicted molar refractivity (Wildman–Crippen MR) is 69.7 cm³/mol. The van der Waals surface area contributed by atoms with E-state index in [1.165, 1.54) is 25.7 Å². The topological polar surface area (TPSA) is 41.1 Å². The normalized spacial score (nSPS) is 23.4. The van der Waals surface area contributed by atoms with Crippen LogP contribution in [0.5, 0.6) is 0 Å². The second kappa shape index (κ2) is 6.39. The molecule has 1 aliphatic heterocycles. The minimum atomic E-state index is 0.260. The second-order valence-electron chi connectivity index (χ2n) is 5.85. The summed E-state index contributed by atoms with van der Waals surface area (Å²) in [5.74, 6) is 2.59. The van der Waals surface area contributed by atoms with Crippen molar-refractivity contribution < 1.29 is 4.79 Å². The van der Waals surface area contributed by atoms with E-state index in [1.807, 2.05) is 0 Å². The zero-order chi connectivity index (χ0) is 12.1. The van der Waals surface area contributed by atoms with E-state index in [9.17, 15) is 4.79 Å². The Morgan fingerprint density at radius 2 is 2.00 bits per heavy atom. The lowest BCUT2D eigenvalue weighted by Gasteiger charge is -2.22. The number of amides is 1. The Hall–Kier alpha value is -0.570. The molecular weight excluding hydrogens is 212 g/mol. The number of carbonyl (C=O) groups excluding carboxylic acids is 1. The largest absolute Gasteiger partial charge is 0.356 e. The maximum atomic E-state index is 11.7. The van der Waals surface area contributed by atoms with Crippen molar-refractivity contribution in [2.45, 2.75) is 45.4 Å². The van der Waals surface area contributed by atoms with E-state index < -0.39 is 0 Å². The van der Waals surface area contributed by atoms with Gasteiger partial charge in [-0.15, -0.1) is 0 Å². The van der Waals surface area contributed by atoms with Crippen LogP contribution in [0.1, 0.15) is 45.4 Å². The molecule has 1 heterocycles. The third-order valence-corrected chi connectivity index (χ3v) is 4.29. The van der Waals surface area contributed by atoms with Crippen LogP contribution in [0.2, 0.25) is 0 Å². The van der Waals surface area contributed by atoms with Crippen LogP contribution in [0.4, 0.5) is 0 Å². The van der Waals surface area contributed by atoms with Gasteiger partial charge in [0, 0.05) is 13.0 Å². The van der Waals surface area contributed by atoms with Crippen molar-refractivity contribution >= 4 is 5.91 Å². The smallest absolute Gasteiger partial charge is 0.220 e. The van der Waals surface area contributed by atoms with Crippen LogP contribution >= 0.6 is 0 Å². The Balaban J connectivity index is 1.53. The Morgan fingerprint density at radius 3 is 2.65 bits per heavy atom. The molecule has 3 heteroatoms. The van der Waals surface area contributed by atoms with Gasteiger partial charge in [-0.05, 0) is 62.9 Å². The predicted octanol–water partition coefficient (Wildman–Crippen LogP) is 1.93. The number of rotatable bonds is 6. The highest BCUT2D eigenvalue weighted by atomic mass is 16.1. The summed E-state index contributed by atoms with van der Waals surface area (Å²) in [5, 5.41) is 6.45. The Bertz CT molecular complexity index is 245. The molecular formula is C14H26N2O. The fourth-order valence-electron chi connectivity index (χ4n) is 2.70. The number of piperidine rings is 1. The highest BCUT2D eigenvalue weighted by Gasteiger charge is 2.27. The number of nitrogens with one attached hydrogen (secondary N) is 2. The van der Waals surface area contributed by atoms with Crippen molar-refractivity contribution in [1.82, 2.24) is 10.6 Å². The average Bonchev–Trinajstić information content (AvgIpc) is 3.19. The van der Waals surface area contributed by atoms with Crippen LogP contribution < -0.4 is 10.6 Å². The van der Waals surface area contributed by atoms with Crippen molar-refractivity contribution in [3.8, 4) is 0 Å². The Morgan fingerprint density at radius 1 is 1.29 bits per heavy atom. The third kappa shape index (κ3) is 4.66. The zero-order valence-electron chi connectivity index (χ0n) is 11.0. The molecule has 2 aliphatic rings. The van der Waals surface area contributed by atoms with Crippen LogP contribution in [0.25, 0.3) is 0 Å². The first-order valence-electron chi connectivity index (χ1n) is 7.23. The van der Waals surface area contributed by atoms with Gasteiger partial charge in [0.25, 0.3) is 0 Å². The molecule has 1 saturated heterocycles. The van der Waals surface area contributed by atoms with Gasteiger partial charge in [0.15, 0.2) is 0 Å². The van der Waals surface area contributed by atoms with E-state index in [4.69, 9.17) is 0 Å². The first-order valence-corrected chi connectivity index (χ1v) is 7.23. The molecule has 1 aliphatic carbocycles. The number of carbonyl (C=O) groups is 1. The summed E-state index contributed by atoms with van der Waals surface area (Å²) in [6, 6.07) is 0. The molecule has 2 fully saturated rings. The van der Waals surface area contributed by atoms with Gasteiger partial charge in [0.1, 0.15) is 0 Å². The highest BCUT2D eigenvalue weighted by Crippen LogP contribution is 2.36. The molecule has 1 amide bonds. The summed E-state index contributed by atoms with van der Waals surface area (Å²) >= 11 is 0. The lowest BCUT2D eigenvalue weighted by atomic mass is 9.93. The minimum Gasteiger partial charge on any atom is -0.356 e. The second-order valence-corrected chi connectivity index (χ2v) is 5.85. The average molecular weight is 238 g/mol. The highest BCUT2D eigenvalue weighted by molar-refractivity contribution is 5.75. The van der Waals surface area contributed by atoms with E-state index in [2.05, 4.69) is 17.6 Å². The van der Waals surface area contributed by atoms with Gasteiger partial charge >= 0.3 is 0 Å². The molecule has 3 nitrogen and oxygen atoms in total. The van der Waals surface area contributed by atoms with Gasteiger partial charge in [-0.3, -0.25) is 4.79 Å². The first-order chi connectivity index (χ1) is 8.25. The number of hydrogen-bond acceptors (Lipinski definition) is 2. The molecule has 0 aromatic rings. The third-order valence-electron chi connectivity index (χ3n) is 4.29. The molecule has 98 valence electrons. The Labute approximate surface area is 105 Å². The fourth-order valence-corrected chi connectivity index (χ4v) is 2.70. The zero-order valence-corrected chi connectivity index (χ0v) is 11.0. The van der Waals surface area contributed by atoms with E-state index in [0.717, 1.165) is 44.3 Å². The molecule has 1 atom stereocenters. The monoisotopic (exact) mass is 238 g/mol. The van der Waals surface area contributed by atoms with Crippen LogP contribution in [0, 0.1) is 17.8 Å². The maximum absolute atomic E-state index is 11.7. The van der Waals surface area contributed by atoms with E-state index in [1.54, 1.807) is 0 Å². The summed E-state index contributed by atoms with van der Waals surface area (Å²) in [4.78, 5) is 11.7. The van der Waals surface area contributed by atoms with E-state index in [-0.39, 0.29) is 5.91 Å². The van der Waals surface area contributed by atoms with Crippen LogP contribution in [-0.4, -0.2) is 25.5 Å². The summed E-state index contributed by atoms with van der Waals surface area (Å²) in [6.45, 7) is 5.40. The molecule has 0 aromatic carbocycles. The Kier molecular flexibility index (Phi) is 4.84. The van der Waals surface area contributed by atoms with Crippen molar-refractivity contribution in [3.63, 3.8) is 0 Å². The fraction of sp³-hybridized carbons (Fsp3) is 0.929. The van der Waals surface area contributed by atoms with Crippen molar-refractivity contribution in [2.24, 2.45) is 17.8 Å². The summed E-state index contributed by atoms with van der Waals surface area (Å²) < 4.78 is 0. The van der Waals surface area contributed by atoms with Gasteiger partial charge in [0.05, 0.1) is 0 Å². The van der Waals surface area contributed by atoms with Gasteiger partial charge in [-0.25, -0.2) is 0 Å². The molecule has 1 unspecified atom stereocenters. The van der Waals surface area contributed by atoms with Gasteiger partial charge in [0.2, 0.25) is 5.91 Å². The van der Waals surface area contributed by atoms with Crippen LogP contribution in [0.15, 0.2) is 0 Å². The summed E-state index contributed by atoms with van der Waals surface area (Å²) in [7, 11) is 0. The van der Waals surface area contributed by atoms with Crippen LogP contribution in [-0.2, 0) is 4.79 Å². The molecule has 1 saturated carbocycles. The van der Waals surface area contributed by atoms with Gasteiger partial charge < -0.3 is 10.6 Å². The molecule has 2 N–H and O–H groups in total. The quantitative estimate of drug-likeness (QED) is 0.742. The molecule has 17 heavy (non-hydrogen) atoms. The molecule has 2 rings (SSSR count). The first kappa shape index (κ1) is 12.9. The van der Waals surface area contributed by atoms with Gasteiger partial charge in [-0.2, -0.15) is 0 Å². The summed E-state index contributed by atoms with van der Waals surface area (Å²) in [6.07, 6.45) is 7.02. The molecule has 0 spiro atoms. The maximum Gasteiger partial charge on any atom is 0.220 e. The molecule has 0 bridgehead atoms. The van der Waals surface area contributed by atoms with Gasteiger partial charge in [-0.1, -0.05) is 6.92 Å². The van der Waals surface area contributed by atoms with Crippen molar-refractivity contribution in [2.75, 3.05) is 19.6 Å². The lowest BCUT2D eigenvalue weighted by Crippen LogP contribution is -2.31. The molecule has 0 aromatic heterocycles.